The van der Waals surface area contributed by atoms with Crippen molar-refractivity contribution in [3.8, 4) is 11.1 Å². The van der Waals surface area contributed by atoms with Crippen molar-refractivity contribution in [2.75, 3.05) is 26.2 Å². The Balaban J connectivity index is 1.43. The Morgan fingerprint density at radius 2 is 1.69 bits per heavy atom. The van der Waals surface area contributed by atoms with Crippen molar-refractivity contribution in [1.82, 2.24) is 9.21 Å². The van der Waals surface area contributed by atoms with E-state index in [1.807, 2.05) is 6.07 Å². The Morgan fingerprint density at radius 1 is 0.943 bits per heavy atom. The highest BCUT2D eigenvalue weighted by Crippen LogP contribution is 2.43. The molecule has 7 heteroatoms. The van der Waals surface area contributed by atoms with Gasteiger partial charge in [-0.2, -0.15) is 4.31 Å². The Morgan fingerprint density at radius 3 is 2.40 bits per heavy atom. The number of hydrogen-bond acceptors (Lipinski definition) is 4. The predicted octanol–water partition coefficient (Wildman–Crippen LogP) is 4.41. The normalized spacial score (nSPS) is 23.7. The average Bonchev–Trinajstić information content (AvgIpc) is 2.83. The zero-order valence-electron chi connectivity index (χ0n) is 19.8. The maximum atomic E-state index is 14.4. The second kappa shape index (κ2) is 9.82. The van der Waals surface area contributed by atoms with Crippen molar-refractivity contribution in [2.45, 2.75) is 42.7 Å². The summed E-state index contributed by atoms with van der Waals surface area (Å²) in [7, 11) is -3.96. The van der Waals surface area contributed by atoms with Crippen LogP contribution in [0.4, 0.5) is 4.39 Å². The zero-order chi connectivity index (χ0) is 24.6. The first-order valence-electron chi connectivity index (χ1n) is 12.2. The van der Waals surface area contributed by atoms with Crippen LogP contribution in [0.1, 0.15) is 29.9 Å². The second-order valence-corrected chi connectivity index (χ2v) is 11.5. The van der Waals surface area contributed by atoms with E-state index in [1.54, 1.807) is 6.07 Å². The standard InChI is InChI=1S/C28H31FN2O3S/c1-20-7-6-8-23(17-20)21-11-13-22(14-12-21)28-25-18-30(15-4-5-16-31(25)26(28)19-32)35(33,34)27-10-3-2-9-24(27)29/h2-3,6-14,17,25-26,28,32H,4-5,15-16,18-19H2,1H3/t25-,26-,28-/m1/s1. The van der Waals surface area contributed by atoms with Crippen molar-refractivity contribution < 1.29 is 17.9 Å². The Hall–Kier alpha value is -2.58. The zero-order valence-corrected chi connectivity index (χ0v) is 20.7. The first-order chi connectivity index (χ1) is 16.9. The number of halogens is 1. The molecule has 5 rings (SSSR count). The van der Waals surface area contributed by atoms with Crippen LogP contribution in [0.25, 0.3) is 11.1 Å². The molecule has 0 saturated carbocycles. The van der Waals surface area contributed by atoms with E-state index >= 15 is 0 Å². The van der Waals surface area contributed by atoms with Gasteiger partial charge in [0.1, 0.15) is 10.7 Å². The fraction of sp³-hybridized carbons (Fsp3) is 0.357. The fourth-order valence-electron chi connectivity index (χ4n) is 5.64. The molecule has 2 heterocycles. The lowest BCUT2D eigenvalue weighted by atomic mass is 9.74. The lowest BCUT2D eigenvalue weighted by Gasteiger charge is -2.57. The molecule has 2 fully saturated rings. The molecule has 0 aromatic heterocycles. The Labute approximate surface area is 206 Å². The molecule has 0 aliphatic carbocycles. The number of benzene rings is 3. The van der Waals surface area contributed by atoms with E-state index in [9.17, 15) is 17.9 Å². The van der Waals surface area contributed by atoms with E-state index in [-0.39, 0.29) is 36.0 Å². The summed E-state index contributed by atoms with van der Waals surface area (Å²) in [5.74, 6) is -0.723. The van der Waals surface area contributed by atoms with Gasteiger partial charge in [0.2, 0.25) is 10.0 Å². The van der Waals surface area contributed by atoms with Gasteiger partial charge in [-0.1, -0.05) is 66.2 Å². The largest absolute Gasteiger partial charge is 0.395 e. The summed E-state index contributed by atoms with van der Waals surface area (Å²) in [5, 5.41) is 10.2. The van der Waals surface area contributed by atoms with Gasteiger partial charge < -0.3 is 5.11 Å². The van der Waals surface area contributed by atoms with Crippen LogP contribution in [0.2, 0.25) is 0 Å². The van der Waals surface area contributed by atoms with Gasteiger partial charge in [0.15, 0.2) is 0 Å². The van der Waals surface area contributed by atoms with Crippen LogP contribution in [0, 0.1) is 12.7 Å². The molecule has 3 aromatic carbocycles. The molecule has 3 atom stereocenters. The minimum Gasteiger partial charge on any atom is -0.395 e. The summed E-state index contributed by atoms with van der Waals surface area (Å²) >= 11 is 0. The van der Waals surface area contributed by atoms with E-state index in [2.05, 4.69) is 54.3 Å². The number of fused-ring (bicyclic) bond motifs is 1. The number of sulfonamides is 1. The van der Waals surface area contributed by atoms with Crippen LogP contribution in [-0.2, 0) is 10.0 Å². The Kier molecular flexibility index (Phi) is 6.77. The summed E-state index contributed by atoms with van der Waals surface area (Å²) in [6, 6.07) is 22.2. The van der Waals surface area contributed by atoms with Crippen molar-refractivity contribution >= 4 is 10.0 Å². The van der Waals surface area contributed by atoms with Crippen molar-refractivity contribution in [3.63, 3.8) is 0 Å². The van der Waals surface area contributed by atoms with Gasteiger partial charge in [-0.05, 0) is 55.1 Å². The smallest absolute Gasteiger partial charge is 0.246 e. The third kappa shape index (κ3) is 4.54. The number of aliphatic hydroxyl groups excluding tert-OH is 1. The van der Waals surface area contributed by atoms with Gasteiger partial charge in [-0.3, -0.25) is 4.90 Å². The molecule has 2 saturated heterocycles. The van der Waals surface area contributed by atoms with Gasteiger partial charge >= 0.3 is 0 Å². The van der Waals surface area contributed by atoms with Gasteiger partial charge in [-0.15, -0.1) is 0 Å². The van der Waals surface area contributed by atoms with Gasteiger partial charge in [0.05, 0.1) is 6.61 Å². The van der Waals surface area contributed by atoms with E-state index in [1.165, 1.54) is 28.1 Å². The highest BCUT2D eigenvalue weighted by Gasteiger charge is 2.50. The molecule has 2 aliphatic heterocycles. The van der Waals surface area contributed by atoms with Crippen molar-refractivity contribution in [1.29, 1.82) is 0 Å². The maximum absolute atomic E-state index is 14.4. The molecule has 0 bridgehead atoms. The average molecular weight is 495 g/mol. The molecule has 2 aliphatic rings. The molecule has 0 spiro atoms. The number of rotatable bonds is 5. The van der Waals surface area contributed by atoms with E-state index in [0.717, 1.165) is 29.7 Å². The topological polar surface area (TPSA) is 60.9 Å². The first-order valence-corrected chi connectivity index (χ1v) is 13.6. The van der Waals surface area contributed by atoms with Gasteiger partial charge in [-0.25, -0.2) is 12.8 Å². The number of aliphatic hydroxyl groups is 1. The van der Waals surface area contributed by atoms with Crippen LogP contribution in [0.5, 0.6) is 0 Å². The molecule has 5 nitrogen and oxygen atoms in total. The molecular formula is C28H31FN2O3S. The number of aryl methyl sites for hydroxylation is 1. The molecule has 1 N–H and O–H groups in total. The number of hydrogen-bond donors (Lipinski definition) is 1. The van der Waals surface area contributed by atoms with Crippen LogP contribution >= 0.6 is 0 Å². The minimum absolute atomic E-state index is 0.00276. The maximum Gasteiger partial charge on any atom is 0.246 e. The van der Waals surface area contributed by atoms with Crippen molar-refractivity contribution in [2.24, 2.45) is 0 Å². The summed E-state index contributed by atoms with van der Waals surface area (Å²) in [4.78, 5) is 1.95. The molecule has 0 radical (unpaired) electrons. The third-order valence-corrected chi connectivity index (χ3v) is 9.33. The second-order valence-electron chi connectivity index (χ2n) is 9.57. The monoisotopic (exact) mass is 494 g/mol. The van der Waals surface area contributed by atoms with Crippen LogP contribution in [0.3, 0.4) is 0 Å². The molecule has 0 unspecified atom stereocenters. The summed E-state index contributed by atoms with van der Waals surface area (Å²) in [6.07, 6.45) is 1.53. The predicted molar refractivity (Wildman–Crippen MR) is 135 cm³/mol. The lowest BCUT2D eigenvalue weighted by molar-refractivity contribution is -0.0554. The van der Waals surface area contributed by atoms with Crippen LogP contribution in [0.15, 0.2) is 77.7 Å². The van der Waals surface area contributed by atoms with Gasteiger partial charge in [0, 0.05) is 31.1 Å². The lowest BCUT2D eigenvalue weighted by Crippen LogP contribution is -2.67. The number of nitrogens with zero attached hydrogens (tertiary/aromatic N) is 2. The SMILES string of the molecule is Cc1cccc(-c2ccc([C@H]3[C@@H](CO)N4CCCCN(S(=O)(=O)c5ccccc5F)C[C@H]34)cc2)c1. The molecule has 184 valence electrons. The summed E-state index contributed by atoms with van der Waals surface area (Å²) < 4.78 is 42.6. The molecule has 0 amide bonds. The third-order valence-electron chi connectivity index (χ3n) is 7.43. The quantitative estimate of drug-likeness (QED) is 0.571. The summed E-state index contributed by atoms with van der Waals surface area (Å²) in [5.41, 5.74) is 4.56. The fourth-order valence-corrected chi connectivity index (χ4v) is 7.20. The Bertz CT molecular complexity index is 1300. The van der Waals surface area contributed by atoms with E-state index in [0.29, 0.717) is 13.0 Å². The van der Waals surface area contributed by atoms with E-state index < -0.39 is 15.8 Å². The van der Waals surface area contributed by atoms with Crippen molar-refractivity contribution in [3.05, 3.63) is 89.7 Å². The highest BCUT2D eigenvalue weighted by molar-refractivity contribution is 7.89. The van der Waals surface area contributed by atoms with E-state index in [4.69, 9.17) is 0 Å². The van der Waals surface area contributed by atoms with Crippen LogP contribution < -0.4 is 0 Å². The highest BCUT2D eigenvalue weighted by atomic mass is 32.2. The molecule has 35 heavy (non-hydrogen) atoms. The summed E-state index contributed by atoms with van der Waals surface area (Å²) in [6.45, 7) is 3.55. The molecular weight excluding hydrogens is 463 g/mol. The minimum atomic E-state index is -3.96. The first kappa shape index (κ1) is 24.1. The molecule has 3 aromatic rings. The van der Waals surface area contributed by atoms with Crippen LogP contribution in [-0.4, -0.2) is 61.1 Å². The van der Waals surface area contributed by atoms with Gasteiger partial charge in [0.25, 0.3) is 0 Å².